The highest BCUT2D eigenvalue weighted by atomic mass is 19.1. The maximum Gasteiger partial charge on any atom is 0.225 e. The summed E-state index contributed by atoms with van der Waals surface area (Å²) in [6, 6.07) is 6.07. The summed E-state index contributed by atoms with van der Waals surface area (Å²) in [5, 5.41) is 9.30. The Hall–Kier alpha value is -2.64. The van der Waals surface area contributed by atoms with Gasteiger partial charge in [-0.3, -0.25) is 14.6 Å². The summed E-state index contributed by atoms with van der Waals surface area (Å²) in [6.07, 6.45) is 1.10. The Labute approximate surface area is 165 Å². The van der Waals surface area contributed by atoms with Crippen LogP contribution in [0.25, 0.3) is 0 Å². The number of likely N-dealkylation sites (tertiary alicyclic amines) is 1. The SMILES string of the molecule is CN=C(NCCNC(=O)Cc1ccc(F)cc1)NC1CCN(C(=O)C(C)C)C1. The van der Waals surface area contributed by atoms with Gasteiger partial charge in [-0.1, -0.05) is 26.0 Å². The molecular formula is C20H30FN5O2. The lowest BCUT2D eigenvalue weighted by Gasteiger charge is -2.20. The number of amides is 2. The molecule has 154 valence electrons. The summed E-state index contributed by atoms with van der Waals surface area (Å²) < 4.78 is 12.9. The van der Waals surface area contributed by atoms with Crippen LogP contribution in [0.2, 0.25) is 0 Å². The lowest BCUT2D eigenvalue weighted by atomic mass is 10.1. The van der Waals surface area contributed by atoms with Crippen molar-refractivity contribution < 1.29 is 14.0 Å². The number of halogens is 1. The average molecular weight is 391 g/mol. The number of hydrogen-bond donors (Lipinski definition) is 3. The molecule has 1 fully saturated rings. The predicted molar refractivity (Wildman–Crippen MR) is 107 cm³/mol. The number of nitrogens with zero attached hydrogens (tertiary/aromatic N) is 2. The zero-order chi connectivity index (χ0) is 20.5. The molecule has 1 saturated heterocycles. The summed E-state index contributed by atoms with van der Waals surface area (Å²) in [6.45, 7) is 6.22. The van der Waals surface area contributed by atoms with Crippen LogP contribution in [0.15, 0.2) is 29.3 Å². The highest BCUT2D eigenvalue weighted by molar-refractivity contribution is 5.81. The number of benzene rings is 1. The fourth-order valence-electron chi connectivity index (χ4n) is 3.06. The normalized spacial score (nSPS) is 17.0. The van der Waals surface area contributed by atoms with E-state index >= 15 is 0 Å². The van der Waals surface area contributed by atoms with E-state index in [0.717, 1.165) is 18.5 Å². The molecular weight excluding hydrogens is 361 g/mol. The lowest BCUT2D eigenvalue weighted by molar-refractivity contribution is -0.133. The number of aliphatic imine (C=N–C) groups is 1. The molecule has 8 heteroatoms. The maximum atomic E-state index is 12.9. The minimum atomic E-state index is -0.314. The largest absolute Gasteiger partial charge is 0.355 e. The molecule has 0 saturated carbocycles. The number of nitrogens with one attached hydrogen (secondary N) is 3. The number of guanidine groups is 1. The van der Waals surface area contributed by atoms with E-state index in [4.69, 9.17) is 0 Å². The summed E-state index contributed by atoms with van der Waals surface area (Å²) in [5.41, 5.74) is 0.770. The van der Waals surface area contributed by atoms with E-state index in [0.29, 0.717) is 25.6 Å². The average Bonchev–Trinajstić information content (AvgIpc) is 3.13. The molecule has 0 spiro atoms. The van der Waals surface area contributed by atoms with Crippen molar-refractivity contribution in [2.24, 2.45) is 10.9 Å². The van der Waals surface area contributed by atoms with Crippen molar-refractivity contribution in [1.29, 1.82) is 0 Å². The van der Waals surface area contributed by atoms with Crippen LogP contribution in [0, 0.1) is 11.7 Å². The third-order valence-electron chi connectivity index (χ3n) is 4.58. The van der Waals surface area contributed by atoms with Crippen molar-refractivity contribution in [3.8, 4) is 0 Å². The maximum absolute atomic E-state index is 12.9. The third kappa shape index (κ3) is 6.83. The zero-order valence-corrected chi connectivity index (χ0v) is 16.8. The van der Waals surface area contributed by atoms with E-state index in [1.165, 1.54) is 12.1 Å². The topological polar surface area (TPSA) is 85.8 Å². The Morgan fingerprint density at radius 1 is 1.21 bits per heavy atom. The minimum absolute atomic E-state index is 0.00899. The van der Waals surface area contributed by atoms with Crippen molar-refractivity contribution in [3.05, 3.63) is 35.6 Å². The summed E-state index contributed by atoms with van der Waals surface area (Å²) >= 11 is 0. The first-order valence-electron chi connectivity index (χ1n) is 9.66. The fourth-order valence-corrected chi connectivity index (χ4v) is 3.06. The first kappa shape index (κ1) is 21.7. The van der Waals surface area contributed by atoms with Crippen LogP contribution < -0.4 is 16.0 Å². The summed E-state index contributed by atoms with van der Waals surface area (Å²) in [5.74, 6) is 0.406. The van der Waals surface area contributed by atoms with E-state index in [9.17, 15) is 14.0 Å². The molecule has 1 aromatic rings. The Morgan fingerprint density at radius 2 is 1.89 bits per heavy atom. The summed E-state index contributed by atoms with van der Waals surface area (Å²) in [4.78, 5) is 30.1. The molecule has 2 rings (SSSR count). The van der Waals surface area contributed by atoms with E-state index < -0.39 is 0 Å². The van der Waals surface area contributed by atoms with Gasteiger partial charge in [-0.2, -0.15) is 0 Å². The fraction of sp³-hybridized carbons (Fsp3) is 0.550. The van der Waals surface area contributed by atoms with E-state index in [1.54, 1.807) is 19.2 Å². The zero-order valence-electron chi connectivity index (χ0n) is 16.8. The molecule has 2 amide bonds. The Balaban J connectivity index is 1.65. The molecule has 0 aliphatic carbocycles. The Bertz CT molecular complexity index is 690. The van der Waals surface area contributed by atoms with Crippen LogP contribution in [0.3, 0.4) is 0 Å². The van der Waals surface area contributed by atoms with Gasteiger partial charge >= 0.3 is 0 Å². The predicted octanol–water partition coefficient (Wildman–Crippen LogP) is 0.906. The molecule has 0 radical (unpaired) electrons. The van der Waals surface area contributed by atoms with Crippen LogP contribution in [0.4, 0.5) is 4.39 Å². The first-order chi connectivity index (χ1) is 13.4. The molecule has 3 N–H and O–H groups in total. The van der Waals surface area contributed by atoms with E-state index in [2.05, 4.69) is 20.9 Å². The van der Waals surface area contributed by atoms with Crippen LogP contribution in [0.1, 0.15) is 25.8 Å². The van der Waals surface area contributed by atoms with Crippen molar-refractivity contribution in [2.75, 3.05) is 33.2 Å². The number of carbonyl (C=O) groups excluding carboxylic acids is 2. The second kappa shape index (κ2) is 10.6. The van der Waals surface area contributed by atoms with Crippen LogP contribution in [-0.4, -0.2) is 61.9 Å². The molecule has 0 aromatic heterocycles. The summed E-state index contributed by atoms with van der Waals surface area (Å²) in [7, 11) is 1.69. The van der Waals surface area contributed by atoms with Gasteiger partial charge in [-0.25, -0.2) is 4.39 Å². The molecule has 1 aliphatic rings. The molecule has 7 nitrogen and oxygen atoms in total. The molecule has 1 aliphatic heterocycles. The molecule has 1 aromatic carbocycles. The van der Waals surface area contributed by atoms with Gasteiger partial charge < -0.3 is 20.9 Å². The Morgan fingerprint density at radius 3 is 2.54 bits per heavy atom. The number of carbonyl (C=O) groups is 2. The van der Waals surface area contributed by atoms with Gasteiger partial charge in [-0.15, -0.1) is 0 Å². The second-order valence-corrected chi connectivity index (χ2v) is 7.22. The molecule has 0 bridgehead atoms. The van der Waals surface area contributed by atoms with Crippen LogP contribution >= 0.6 is 0 Å². The van der Waals surface area contributed by atoms with Crippen molar-refractivity contribution in [3.63, 3.8) is 0 Å². The van der Waals surface area contributed by atoms with Crippen molar-refractivity contribution in [2.45, 2.75) is 32.7 Å². The van der Waals surface area contributed by atoms with Gasteiger partial charge in [0.05, 0.1) is 6.42 Å². The highest BCUT2D eigenvalue weighted by Crippen LogP contribution is 2.12. The van der Waals surface area contributed by atoms with Crippen molar-refractivity contribution >= 4 is 17.8 Å². The lowest BCUT2D eigenvalue weighted by Crippen LogP contribution is -2.47. The van der Waals surface area contributed by atoms with E-state index in [-0.39, 0.29) is 36.0 Å². The van der Waals surface area contributed by atoms with Gasteiger partial charge in [0, 0.05) is 45.2 Å². The molecule has 1 unspecified atom stereocenters. The van der Waals surface area contributed by atoms with Crippen LogP contribution in [-0.2, 0) is 16.0 Å². The number of rotatable bonds is 7. The standard InChI is InChI=1S/C20H30FN5O2/c1-14(2)19(28)26-11-8-17(13-26)25-20(22-3)24-10-9-23-18(27)12-15-4-6-16(21)7-5-15/h4-7,14,17H,8-13H2,1-3H3,(H,23,27)(H2,22,24,25). The van der Waals surface area contributed by atoms with Gasteiger partial charge in [0.1, 0.15) is 5.82 Å². The number of hydrogen-bond acceptors (Lipinski definition) is 3. The van der Waals surface area contributed by atoms with Gasteiger partial charge in [-0.05, 0) is 24.1 Å². The van der Waals surface area contributed by atoms with Crippen LogP contribution in [0.5, 0.6) is 0 Å². The van der Waals surface area contributed by atoms with Gasteiger partial charge in [0.2, 0.25) is 11.8 Å². The smallest absolute Gasteiger partial charge is 0.225 e. The Kier molecular flexibility index (Phi) is 8.22. The highest BCUT2D eigenvalue weighted by Gasteiger charge is 2.27. The second-order valence-electron chi connectivity index (χ2n) is 7.22. The van der Waals surface area contributed by atoms with Crippen molar-refractivity contribution in [1.82, 2.24) is 20.9 Å². The van der Waals surface area contributed by atoms with E-state index in [1.807, 2.05) is 18.7 Å². The minimum Gasteiger partial charge on any atom is -0.355 e. The monoisotopic (exact) mass is 391 g/mol. The molecule has 1 atom stereocenters. The molecule has 28 heavy (non-hydrogen) atoms. The third-order valence-corrected chi connectivity index (χ3v) is 4.58. The van der Waals surface area contributed by atoms with Gasteiger partial charge in [0.15, 0.2) is 5.96 Å². The quantitative estimate of drug-likeness (QED) is 0.366. The van der Waals surface area contributed by atoms with Gasteiger partial charge in [0.25, 0.3) is 0 Å². The first-order valence-corrected chi connectivity index (χ1v) is 9.66. The molecule has 1 heterocycles.